The summed E-state index contributed by atoms with van der Waals surface area (Å²) >= 11 is 6.48. The van der Waals surface area contributed by atoms with Crippen LogP contribution >= 0.6 is 11.6 Å². The summed E-state index contributed by atoms with van der Waals surface area (Å²) in [4.78, 5) is 14.3. The van der Waals surface area contributed by atoms with Gasteiger partial charge in [-0.15, -0.1) is 10.2 Å². The fourth-order valence-electron chi connectivity index (χ4n) is 4.08. The minimum absolute atomic E-state index is 0.0410. The summed E-state index contributed by atoms with van der Waals surface area (Å²) in [6.07, 6.45) is 0. The summed E-state index contributed by atoms with van der Waals surface area (Å²) in [7, 11) is 3.11. The van der Waals surface area contributed by atoms with E-state index in [9.17, 15) is 4.79 Å². The molecule has 2 aromatic heterocycles. The molecule has 3 heterocycles. The van der Waals surface area contributed by atoms with Gasteiger partial charge in [-0.3, -0.25) is 9.20 Å². The first kappa shape index (κ1) is 18.8. The van der Waals surface area contributed by atoms with Gasteiger partial charge in [0.1, 0.15) is 12.4 Å². The molecule has 2 aromatic carbocycles. The second kappa shape index (κ2) is 7.27. The van der Waals surface area contributed by atoms with Crippen molar-refractivity contribution in [1.82, 2.24) is 19.5 Å². The van der Waals surface area contributed by atoms with Crippen LogP contribution in [-0.2, 0) is 22.6 Å². The molecule has 0 atom stereocenters. The van der Waals surface area contributed by atoms with E-state index in [0.29, 0.717) is 23.9 Å². The number of benzene rings is 2. The molecule has 1 aliphatic heterocycles. The van der Waals surface area contributed by atoms with Gasteiger partial charge in [0, 0.05) is 30.2 Å². The Bertz CT molecular complexity index is 1290. The molecule has 5 rings (SSSR count). The molecule has 1 aliphatic rings. The van der Waals surface area contributed by atoms with E-state index in [1.165, 1.54) is 7.11 Å². The lowest BCUT2D eigenvalue weighted by Gasteiger charge is -2.14. The van der Waals surface area contributed by atoms with E-state index in [4.69, 9.17) is 21.1 Å². The highest BCUT2D eigenvalue weighted by molar-refractivity contribution is 6.32. The van der Waals surface area contributed by atoms with Crippen LogP contribution in [0.15, 0.2) is 42.5 Å². The second-order valence-electron chi connectivity index (χ2n) is 7.19. The quantitative estimate of drug-likeness (QED) is 0.501. The molecule has 0 spiro atoms. The Hall–Kier alpha value is -3.16. The number of carbonyl (C=O) groups is 1. The number of carbonyl (C=O) groups excluding carboxylic acids is 1. The molecule has 0 aliphatic carbocycles. The van der Waals surface area contributed by atoms with Crippen LogP contribution in [0.1, 0.15) is 11.1 Å². The number of amides is 1. The average Bonchev–Trinajstić information content (AvgIpc) is 3.39. The van der Waals surface area contributed by atoms with E-state index >= 15 is 0 Å². The monoisotopic (exact) mass is 422 g/mol. The highest BCUT2D eigenvalue weighted by Gasteiger charge is 2.30. The van der Waals surface area contributed by atoms with Crippen molar-refractivity contribution in [2.45, 2.75) is 13.1 Å². The molecule has 0 saturated heterocycles. The summed E-state index contributed by atoms with van der Waals surface area (Å²) in [5.74, 6) is 1.24. The van der Waals surface area contributed by atoms with E-state index in [1.54, 1.807) is 12.0 Å². The lowest BCUT2D eigenvalue weighted by molar-refractivity contribution is -0.135. The number of aromatic nitrogens is 3. The van der Waals surface area contributed by atoms with Crippen molar-refractivity contribution in [3.63, 3.8) is 0 Å². The molecule has 1 amide bonds. The molecular formula is C22H19ClN4O3. The molecule has 4 aromatic rings. The van der Waals surface area contributed by atoms with Crippen LogP contribution < -0.4 is 4.74 Å². The second-order valence-corrected chi connectivity index (χ2v) is 7.60. The SMILES string of the molecule is COCC(=O)N1Cc2c(c3nnc(-c4ccccc4)n3c3cc(Cl)c(OC)cc23)C1. The fourth-order valence-corrected chi connectivity index (χ4v) is 4.32. The first-order valence-electron chi connectivity index (χ1n) is 9.50. The number of hydrogen-bond acceptors (Lipinski definition) is 5. The van der Waals surface area contributed by atoms with E-state index in [2.05, 4.69) is 10.2 Å². The molecule has 30 heavy (non-hydrogen) atoms. The Balaban J connectivity index is 1.82. The minimum atomic E-state index is -0.0660. The van der Waals surface area contributed by atoms with Gasteiger partial charge >= 0.3 is 0 Å². The van der Waals surface area contributed by atoms with Crippen molar-refractivity contribution in [3.8, 4) is 17.1 Å². The van der Waals surface area contributed by atoms with E-state index in [-0.39, 0.29) is 12.5 Å². The van der Waals surface area contributed by atoms with E-state index in [0.717, 1.165) is 39.1 Å². The molecule has 0 bridgehead atoms. The van der Waals surface area contributed by atoms with Crippen molar-refractivity contribution in [3.05, 3.63) is 58.6 Å². The summed E-state index contributed by atoms with van der Waals surface area (Å²) in [6, 6.07) is 13.7. The summed E-state index contributed by atoms with van der Waals surface area (Å²) in [6.45, 7) is 0.969. The van der Waals surface area contributed by atoms with E-state index in [1.807, 2.05) is 46.9 Å². The highest BCUT2D eigenvalue weighted by Crippen LogP contribution is 2.39. The van der Waals surface area contributed by atoms with Crippen molar-refractivity contribution >= 4 is 34.1 Å². The van der Waals surface area contributed by atoms with Crippen molar-refractivity contribution in [1.29, 1.82) is 0 Å². The Kier molecular flexibility index (Phi) is 4.56. The lowest BCUT2D eigenvalue weighted by Crippen LogP contribution is -2.28. The number of fused-ring (bicyclic) bond motifs is 6. The first-order chi connectivity index (χ1) is 14.6. The van der Waals surface area contributed by atoms with Crippen molar-refractivity contribution < 1.29 is 14.3 Å². The number of rotatable bonds is 4. The zero-order valence-corrected chi connectivity index (χ0v) is 17.3. The third-order valence-corrected chi connectivity index (χ3v) is 5.78. The number of halogens is 1. The predicted octanol–water partition coefficient (Wildman–Crippen LogP) is 3.70. The summed E-state index contributed by atoms with van der Waals surface area (Å²) in [5, 5.41) is 10.4. The lowest BCUT2D eigenvalue weighted by atomic mass is 10.0. The van der Waals surface area contributed by atoms with Crippen molar-refractivity contribution in [2.24, 2.45) is 0 Å². The van der Waals surface area contributed by atoms with Crippen LogP contribution in [0.3, 0.4) is 0 Å². The average molecular weight is 423 g/mol. The predicted molar refractivity (Wildman–Crippen MR) is 114 cm³/mol. The Morgan fingerprint density at radius 3 is 2.60 bits per heavy atom. The van der Waals surface area contributed by atoms with Crippen molar-refractivity contribution in [2.75, 3.05) is 20.8 Å². The van der Waals surface area contributed by atoms with Gasteiger partial charge in [-0.05, 0) is 17.7 Å². The maximum atomic E-state index is 12.5. The van der Waals surface area contributed by atoms with Crippen LogP contribution in [0.2, 0.25) is 5.02 Å². The Labute approximate surface area is 177 Å². The molecule has 0 saturated carbocycles. The van der Waals surface area contributed by atoms with Crippen LogP contribution in [0.4, 0.5) is 0 Å². The standard InChI is InChI=1S/C22H19ClN4O3/c1-29-12-20(28)26-10-15-14-8-19(30-2)17(23)9-18(14)27-21(13-6-4-3-5-7-13)24-25-22(27)16(15)11-26/h3-9H,10-12H2,1-2H3. The fraction of sp³-hybridized carbons (Fsp3) is 0.227. The zero-order chi connectivity index (χ0) is 20.8. The van der Waals surface area contributed by atoms with Gasteiger partial charge in [-0.25, -0.2) is 0 Å². The Morgan fingerprint density at radius 2 is 1.87 bits per heavy atom. The maximum Gasteiger partial charge on any atom is 0.249 e. The molecule has 152 valence electrons. The normalized spacial score (nSPS) is 13.2. The van der Waals surface area contributed by atoms with Crippen LogP contribution in [0.25, 0.3) is 27.9 Å². The minimum Gasteiger partial charge on any atom is -0.495 e. The number of hydrogen-bond donors (Lipinski definition) is 0. The van der Waals surface area contributed by atoms with Gasteiger partial charge in [0.25, 0.3) is 0 Å². The van der Waals surface area contributed by atoms with Gasteiger partial charge in [0.2, 0.25) is 5.91 Å². The third kappa shape index (κ3) is 2.81. The topological polar surface area (TPSA) is 69.0 Å². The van der Waals surface area contributed by atoms with Gasteiger partial charge in [0.15, 0.2) is 11.5 Å². The molecule has 0 radical (unpaired) electrons. The third-order valence-electron chi connectivity index (χ3n) is 5.48. The smallest absolute Gasteiger partial charge is 0.249 e. The van der Waals surface area contributed by atoms with Gasteiger partial charge < -0.3 is 14.4 Å². The number of methoxy groups -OCH3 is 2. The first-order valence-corrected chi connectivity index (χ1v) is 9.88. The van der Waals surface area contributed by atoms with Crippen LogP contribution in [0.5, 0.6) is 5.75 Å². The van der Waals surface area contributed by atoms with Gasteiger partial charge in [0.05, 0.1) is 24.2 Å². The van der Waals surface area contributed by atoms with Crippen LogP contribution in [0, 0.1) is 0 Å². The van der Waals surface area contributed by atoms with E-state index < -0.39 is 0 Å². The number of pyridine rings is 1. The summed E-state index contributed by atoms with van der Waals surface area (Å²) in [5.41, 5.74) is 4.56. The Morgan fingerprint density at radius 1 is 1.10 bits per heavy atom. The number of ether oxygens (including phenoxy) is 2. The highest BCUT2D eigenvalue weighted by atomic mass is 35.5. The zero-order valence-electron chi connectivity index (χ0n) is 16.6. The van der Waals surface area contributed by atoms with Crippen LogP contribution in [-0.4, -0.2) is 46.2 Å². The molecule has 7 nitrogen and oxygen atoms in total. The molecule has 0 N–H and O–H groups in total. The largest absolute Gasteiger partial charge is 0.495 e. The number of nitrogens with zero attached hydrogens (tertiary/aromatic N) is 4. The summed E-state index contributed by atoms with van der Waals surface area (Å²) < 4.78 is 12.5. The molecular weight excluding hydrogens is 404 g/mol. The molecule has 0 unspecified atom stereocenters. The molecule has 8 heteroatoms. The molecule has 0 fully saturated rings. The van der Waals surface area contributed by atoms with Gasteiger partial charge in [-0.1, -0.05) is 41.9 Å². The van der Waals surface area contributed by atoms with Gasteiger partial charge in [-0.2, -0.15) is 0 Å². The maximum absolute atomic E-state index is 12.5.